The van der Waals surface area contributed by atoms with Crippen LogP contribution in [-0.2, 0) is 11.3 Å². The molecule has 0 unspecified atom stereocenters. The van der Waals surface area contributed by atoms with Crippen LogP contribution in [0.3, 0.4) is 0 Å². The molecule has 0 aliphatic heterocycles. The molecule has 0 fully saturated rings. The lowest BCUT2D eigenvalue weighted by Crippen LogP contribution is -2.44. The van der Waals surface area contributed by atoms with Gasteiger partial charge in [0.15, 0.2) is 5.96 Å². The van der Waals surface area contributed by atoms with E-state index in [1.807, 2.05) is 0 Å². The molecule has 1 amide bonds. The molecule has 0 radical (unpaired) electrons. The highest BCUT2D eigenvalue weighted by Crippen LogP contribution is 2.16. The Morgan fingerprint density at radius 3 is 2.52 bits per heavy atom. The number of amides is 1. The largest absolute Gasteiger partial charge is 0.497 e. The Hall–Kier alpha value is -1.58. The van der Waals surface area contributed by atoms with Gasteiger partial charge in [-0.2, -0.15) is 0 Å². The molecule has 0 spiro atoms. The first-order valence-electron chi connectivity index (χ1n) is 7.87. The van der Waals surface area contributed by atoms with Gasteiger partial charge < -0.3 is 20.3 Å². The van der Waals surface area contributed by atoms with Gasteiger partial charge in [0.1, 0.15) is 11.6 Å². The molecule has 0 aliphatic carbocycles. The lowest BCUT2D eigenvalue weighted by molar-refractivity contribution is -0.127. The summed E-state index contributed by atoms with van der Waals surface area (Å²) < 4.78 is 18.6. The molecule has 0 saturated heterocycles. The number of halogens is 2. The fraction of sp³-hybridized carbons (Fsp3) is 0.529. The number of rotatable bonds is 7. The maximum atomic E-state index is 13.5. The minimum atomic E-state index is -0.369. The first-order chi connectivity index (χ1) is 11.3. The number of aliphatic imine (C=N–C) groups is 1. The van der Waals surface area contributed by atoms with Gasteiger partial charge in [-0.3, -0.25) is 4.79 Å². The van der Waals surface area contributed by atoms with Crippen molar-refractivity contribution in [2.45, 2.75) is 20.4 Å². The molecular weight excluding hydrogens is 438 g/mol. The highest BCUT2D eigenvalue weighted by atomic mass is 127. The van der Waals surface area contributed by atoms with Crippen molar-refractivity contribution in [2.75, 3.05) is 34.3 Å². The summed E-state index contributed by atoms with van der Waals surface area (Å²) >= 11 is 0. The predicted octanol–water partition coefficient (Wildman–Crippen LogP) is 2.23. The van der Waals surface area contributed by atoms with E-state index in [9.17, 15) is 9.18 Å². The highest BCUT2D eigenvalue weighted by Gasteiger charge is 2.07. The van der Waals surface area contributed by atoms with Gasteiger partial charge in [0.25, 0.3) is 0 Å². The molecule has 142 valence electrons. The zero-order valence-corrected chi connectivity index (χ0v) is 17.8. The zero-order valence-electron chi connectivity index (χ0n) is 15.4. The van der Waals surface area contributed by atoms with E-state index in [0.717, 1.165) is 0 Å². The SMILES string of the molecule is COc1cc(F)cc(CN=C(NCC(=O)N(C)C)NCC(C)C)c1.I. The Morgan fingerprint density at radius 2 is 1.96 bits per heavy atom. The minimum Gasteiger partial charge on any atom is -0.497 e. The molecule has 0 aromatic heterocycles. The van der Waals surface area contributed by atoms with Crippen LogP contribution in [0.2, 0.25) is 0 Å². The van der Waals surface area contributed by atoms with Crippen molar-refractivity contribution < 1.29 is 13.9 Å². The van der Waals surface area contributed by atoms with Crippen LogP contribution in [0.1, 0.15) is 19.4 Å². The Bertz CT molecular complexity index is 580. The monoisotopic (exact) mass is 466 g/mol. The van der Waals surface area contributed by atoms with E-state index >= 15 is 0 Å². The van der Waals surface area contributed by atoms with Crippen molar-refractivity contribution in [3.8, 4) is 5.75 Å². The summed E-state index contributed by atoms with van der Waals surface area (Å²) in [5.74, 6) is 0.971. The van der Waals surface area contributed by atoms with Gasteiger partial charge in [0.05, 0.1) is 20.2 Å². The number of methoxy groups -OCH3 is 1. The van der Waals surface area contributed by atoms with Crippen molar-refractivity contribution in [3.05, 3.63) is 29.6 Å². The highest BCUT2D eigenvalue weighted by molar-refractivity contribution is 14.0. The molecule has 0 aliphatic rings. The number of likely N-dealkylation sites (N-methyl/N-ethyl adjacent to an activating group) is 1. The maximum Gasteiger partial charge on any atom is 0.241 e. The topological polar surface area (TPSA) is 66.0 Å². The number of guanidine groups is 1. The van der Waals surface area contributed by atoms with Crippen LogP contribution in [0, 0.1) is 11.7 Å². The van der Waals surface area contributed by atoms with Crippen LogP contribution in [0.15, 0.2) is 23.2 Å². The van der Waals surface area contributed by atoms with Gasteiger partial charge in [-0.1, -0.05) is 13.8 Å². The predicted molar refractivity (Wildman–Crippen MR) is 109 cm³/mol. The average molecular weight is 466 g/mol. The summed E-state index contributed by atoms with van der Waals surface area (Å²) in [7, 11) is 4.88. The molecule has 1 rings (SSSR count). The lowest BCUT2D eigenvalue weighted by Gasteiger charge is -2.16. The number of carbonyl (C=O) groups excluding carboxylic acids is 1. The Kier molecular flexibility index (Phi) is 11.1. The first-order valence-corrected chi connectivity index (χ1v) is 7.87. The minimum absolute atomic E-state index is 0. The number of hydrogen-bond acceptors (Lipinski definition) is 3. The summed E-state index contributed by atoms with van der Waals surface area (Å²) in [5, 5.41) is 6.16. The van der Waals surface area contributed by atoms with Gasteiger partial charge in [-0.15, -0.1) is 24.0 Å². The van der Waals surface area contributed by atoms with E-state index in [4.69, 9.17) is 4.74 Å². The van der Waals surface area contributed by atoms with E-state index in [1.165, 1.54) is 24.1 Å². The Morgan fingerprint density at radius 1 is 1.28 bits per heavy atom. The molecule has 0 bridgehead atoms. The van der Waals surface area contributed by atoms with Crippen molar-refractivity contribution in [1.82, 2.24) is 15.5 Å². The molecular formula is C17H28FIN4O2. The van der Waals surface area contributed by atoms with E-state index < -0.39 is 0 Å². The molecule has 25 heavy (non-hydrogen) atoms. The van der Waals surface area contributed by atoms with Crippen LogP contribution in [0.4, 0.5) is 4.39 Å². The zero-order chi connectivity index (χ0) is 18.1. The normalized spacial score (nSPS) is 10.9. The third-order valence-electron chi connectivity index (χ3n) is 3.17. The fourth-order valence-electron chi connectivity index (χ4n) is 1.79. The average Bonchev–Trinajstić information content (AvgIpc) is 2.52. The fourth-order valence-corrected chi connectivity index (χ4v) is 1.79. The molecule has 2 N–H and O–H groups in total. The molecule has 1 aromatic rings. The van der Waals surface area contributed by atoms with Gasteiger partial charge in [0.2, 0.25) is 5.91 Å². The van der Waals surface area contributed by atoms with E-state index in [0.29, 0.717) is 29.7 Å². The molecule has 0 heterocycles. The lowest BCUT2D eigenvalue weighted by atomic mass is 10.2. The number of nitrogens with zero attached hydrogens (tertiary/aromatic N) is 2. The maximum absolute atomic E-state index is 13.5. The molecule has 0 atom stereocenters. The van der Waals surface area contributed by atoms with Crippen LogP contribution >= 0.6 is 24.0 Å². The van der Waals surface area contributed by atoms with Crippen LogP contribution in [-0.4, -0.2) is 51.1 Å². The number of hydrogen-bond donors (Lipinski definition) is 2. The van der Waals surface area contributed by atoms with Gasteiger partial charge in [-0.05, 0) is 23.6 Å². The van der Waals surface area contributed by atoms with Crippen LogP contribution in [0.5, 0.6) is 5.75 Å². The summed E-state index contributed by atoms with van der Waals surface area (Å²) in [4.78, 5) is 17.6. The Labute approximate surface area is 166 Å². The molecule has 0 saturated carbocycles. The standard InChI is InChI=1S/C17H27FN4O2.HI/c1-12(2)9-19-17(21-11-16(23)22(3)4)20-10-13-6-14(18)8-15(7-13)24-5;/h6-8,12H,9-11H2,1-5H3,(H2,19,20,21);1H. The quantitative estimate of drug-likeness (QED) is 0.368. The van der Waals surface area contributed by atoms with Crippen molar-refractivity contribution in [2.24, 2.45) is 10.9 Å². The van der Waals surface area contributed by atoms with E-state index in [2.05, 4.69) is 29.5 Å². The van der Waals surface area contributed by atoms with E-state index in [-0.39, 0.29) is 48.8 Å². The Balaban J connectivity index is 0.00000576. The van der Waals surface area contributed by atoms with Gasteiger partial charge >= 0.3 is 0 Å². The summed E-state index contributed by atoms with van der Waals surface area (Å²) in [5.41, 5.74) is 0.691. The van der Waals surface area contributed by atoms with Gasteiger partial charge in [-0.25, -0.2) is 9.38 Å². The number of nitrogens with one attached hydrogen (secondary N) is 2. The van der Waals surface area contributed by atoms with Crippen molar-refractivity contribution in [3.63, 3.8) is 0 Å². The summed E-state index contributed by atoms with van der Waals surface area (Å²) in [6, 6.07) is 4.47. The summed E-state index contributed by atoms with van der Waals surface area (Å²) in [6.45, 7) is 5.29. The van der Waals surface area contributed by atoms with Crippen molar-refractivity contribution >= 4 is 35.8 Å². The number of ether oxygens (including phenoxy) is 1. The third kappa shape index (κ3) is 9.47. The molecule has 8 heteroatoms. The number of carbonyl (C=O) groups is 1. The van der Waals surface area contributed by atoms with Crippen LogP contribution < -0.4 is 15.4 Å². The summed E-state index contributed by atoms with van der Waals surface area (Å²) in [6.07, 6.45) is 0. The van der Waals surface area contributed by atoms with Crippen molar-refractivity contribution in [1.29, 1.82) is 0 Å². The molecule has 1 aromatic carbocycles. The second kappa shape index (κ2) is 11.9. The first kappa shape index (κ1) is 23.4. The number of benzene rings is 1. The van der Waals surface area contributed by atoms with Gasteiger partial charge in [0, 0.05) is 26.7 Å². The smallest absolute Gasteiger partial charge is 0.241 e. The molecule has 6 nitrogen and oxygen atoms in total. The van der Waals surface area contributed by atoms with Crippen LogP contribution in [0.25, 0.3) is 0 Å². The third-order valence-corrected chi connectivity index (χ3v) is 3.17. The second-order valence-electron chi connectivity index (χ2n) is 6.08. The van der Waals surface area contributed by atoms with E-state index in [1.54, 1.807) is 20.2 Å². The second-order valence-corrected chi connectivity index (χ2v) is 6.08.